The lowest BCUT2D eigenvalue weighted by atomic mass is 9.99. The Morgan fingerprint density at radius 3 is 1.63 bits per heavy atom. The minimum Gasteiger partial charge on any atom is -0.347 e. The summed E-state index contributed by atoms with van der Waals surface area (Å²) >= 11 is 2.27. The van der Waals surface area contributed by atoms with Crippen molar-refractivity contribution in [2.45, 2.75) is 75.8 Å². The smallest absolute Gasteiger partial charge is 0.321 e. The van der Waals surface area contributed by atoms with Crippen molar-refractivity contribution in [2.75, 3.05) is 11.9 Å². The van der Waals surface area contributed by atoms with Crippen molar-refractivity contribution in [3.63, 3.8) is 0 Å². The number of hydrogen-bond donors (Lipinski definition) is 4. The van der Waals surface area contributed by atoms with E-state index in [9.17, 15) is 45.5 Å². The van der Waals surface area contributed by atoms with Crippen LogP contribution in [0.1, 0.15) is 61.0 Å². The average Bonchev–Trinajstić information content (AvgIpc) is 4.17. The molecule has 4 amide bonds. The molecule has 5 N–H and O–H groups in total. The third kappa shape index (κ3) is 13.6. The Balaban J connectivity index is 0.000000177. The largest absolute Gasteiger partial charge is 0.347 e. The predicted molar refractivity (Wildman–Crippen MR) is 282 cm³/mol. The highest BCUT2D eigenvalue weighted by Gasteiger charge is 2.45. The van der Waals surface area contributed by atoms with E-state index in [1.54, 1.807) is 108 Å². The maximum Gasteiger partial charge on any atom is 0.321 e. The van der Waals surface area contributed by atoms with Gasteiger partial charge in [-0.05, 0) is 89.3 Å². The number of alkyl halides is 4. The van der Waals surface area contributed by atoms with Gasteiger partial charge in [0.25, 0.3) is 11.8 Å². The number of nitrogens with zero attached hydrogens (tertiary/aromatic N) is 5. The van der Waals surface area contributed by atoms with Gasteiger partial charge in [-0.25, -0.2) is 8.78 Å². The molecule has 4 heterocycles. The number of benzene rings is 6. The monoisotopic (exact) mass is 1140 g/mol. The lowest BCUT2D eigenvalue weighted by Crippen LogP contribution is -2.46. The predicted octanol–water partition coefficient (Wildman–Crippen LogP) is 9.63. The maximum atomic E-state index is 14.1. The molecule has 2 saturated heterocycles. The molecule has 20 heteroatoms. The van der Waals surface area contributed by atoms with E-state index in [1.807, 2.05) is 41.2 Å². The average molecular weight is 1140 g/mol. The third-order valence-electron chi connectivity index (χ3n) is 12.2. The molecule has 6 aromatic carbocycles. The van der Waals surface area contributed by atoms with E-state index in [-0.39, 0.29) is 42.8 Å². The number of carbonyl (C=O) groups excluding carboxylic acids is 4. The molecule has 2 aromatic heterocycles. The number of anilines is 1. The normalized spacial score (nSPS) is 17.2. The Hall–Kier alpha value is -7.59. The third-order valence-corrected chi connectivity index (χ3v) is 12.9. The molecular weight excluding hydrogens is 1090 g/mol. The molecule has 0 radical (unpaired) electrons. The van der Waals surface area contributed by atoms with E-state index in [4.69, 9.17) is 0 Å². The van der Waals surface area contributed by atoms with Gasteiger partial charge in [-0.1, -0.05) is 97.1 Å². The number of nitrogens with two attached hydrogens (primary N) is 1. The summed E-state index contributed by atoms with van der Waals surface area (Å²) in [5, 5.41) is 17.8. The van der Waals surface area contributed by atoms with Crippen molar-refractivity contribution in [1.29, 1.82) is 0 Å². The molecule has 2 aliphatic rings. The van der Waals surface area contributed by atoms with Crippen LogP contribution in [0.15, 0.2) is 158 Å². The highest BCUT2D eigenvalue weighted by molar-refractivity contribution is 14.1. The van der Waals surface area contributed by atoms with E-state index in [0.717, 1.165) is 27.4 Å². The Bertz CT molecular complexity index is 3280. The minimum atomic E-state index is -3.57. The molecule has 4 atom stereocenters. The zero-order valence-corrected chi connectivity index (χ0v) is 42.9. The molecule has 0 spiro atoms. The summed E-state index contributed by atoms with van der Waals surface area (Å²) in [6, 6.07) is 40.0. The van der Waals surface area contributed by atoms with Gasteiger partial charge in [0, 0.05) is 57.8 Å². The van der Waals surface area contributed by atoms with Gasteiger partial charge in [-0.15, -0.1) is 0 Å². The van der Waals surface area contributed by atoms with Crippen LogP contribution in [0.25, 0.3) is 21.8 Å². The molecule has 10 rings (SSSR count). The van der Waals surface area contributed by atoms with E-state index < -0.39 is 47.8 Å². The van der Waals surface area contributed by atoms with Gasteiger partial charge >= 0.3 is 11.8 Å². The van der Waals surface area contributed by atoms with E-state index >= 15 is 0 Å². The first kappa shape index (κ1) is 55.2. The maximum absolute atomic E-state index is 14.1. The van der Waals surface area contributed by atoms with Crippen molar-refractivity contribution >= 4 is 73.7 Å². The number of aromatic nitrogens is 4. The van der Waals surface area contributed by atoms with Gasteiger partial charge in [-0.3, -0.25) is 28.5 Å². The number of hydrogen-bond acceptors (Lipinski definition) is 7. The van der Waals surface area contributed by atoms with Crippen LogP contribution >= 0.6 is 22.6 Å². The fourth-order valence-corrected chi connectivity index (χ4v) is 9.18. The topological polar surface area (TPSA) is 169 Å². The molecule has 75 heavy (non-hydrogen) atoms. The van der Waals surface area contributed by atoms with E-state index in [2.05, 4.69) is 60.5 Å². The second kappa shape index (κ2) is 24.2. The summed E-state index contributed by atoms with van der Waals surface area (Å²) < 4.78 is 85.4. The zero-order chi connectivity index (χ0) is 54.0. The zero-order valence-electron chi connectivity index (χ0n) is 40.7. The molecule has 0 unspecified atom stereocenters. The Kier molecular flexibility index (Phi) is 17.8. The van der Waals surface area contributed by atoms with Crippen LogP contribution in [0, 0.1) is 15.2 Å². The summed E-state index contributed by atoms with van der Waals surface area (Å²) in [6.45, 7) is 1.76. The van der Waals surface area contributed by atoms with Gasteiger partial charge in [0.05, 0.1) is 60.7 Å². The lowest BCUT2D eigenvalue weighted by molar-refractivity contribution is -0.144. The van der Waals surface area contributed by atoms with Crippen molar-refractivity contribution in [3.05, 3.63) is 195 Å². The molecular formula is C55H52F6IN9O4. The second-order valence-corrected chi connectivity index (χ2v) is 18.9. The number of carbonyl (C=O) groups is 4. The molecule has 0 saturated carbocycles. The molecule has 0 aliphatic carbocycles. The minimum absolute atomic E-state index is 0.00137. The van der Waals surface area contributed by atoms with Crippen LogP contribution in [0.4, 0.5) is 32.0 Å². The summed E-state index contributed by atoms with van der Waals surface area (Å²) in [5.74, 6) is -10.9. The number of amides is 4. The highest BCUT2D eigenvalue weighted by Crippen LogP contribution is 2.39. The van der Waals surface area contributed by atoms with Crippen LogP contribution in [-0.2, 0) is 32.3 Å². The van der Waals surface area contributed by atoms with Gasteiger partial charge in [0.1, 0.15) is 11.6 Å². The van der Waals surface area contributed by atoms with Crippen LogP contribution in [0.2, 0.25) is 0 Å². The summed E-state index contributed by atoms with van der Waals surface area (Å²) in [4.78, 5) is 49.5. The highest BCUT2D eigenvalue weighted by atomic mass is 127. The Morgan fingerprint density at radius 1 is 0.640 bits per heavy atom. The number of fused-ring (bicyclic) bond motifs is 2. The van der Waals surface area contributed by atoms with Gasteiger partial charge in [-0.2, -0.15) is 27.8 Å². The Labute approximate surface area is 441 Å². The van der Waals surface area contributed by atoms with Crippen molar-refractivity contribution in [1.82, 2.24) is 35.5 Å². The van der Waals surface area contributed by atoms with Crippen molar-refractivity contribution in [2.24, 2.45) is 5.73 Å². The molecule has 2 aliphatic heterocycles. The number of nitrogens with one attached hydrogen (secondary N) is 3. The van der Waals surface area contributed by atoms with Gasteiger partial charge in [0.2, 0.25) is 11.8 Å². The van der Waals surface area contributed by atoms with Gasteiger partial charge in [0.15, 0.2) is 0 Å². The summed E-state index contributed by atoms with van der Waals surface area (Å²) in [7, 11) is 1.50. The molecule has 13 nitrogen and oxygen atoms in total. The van der Waals surface area contributed by atoms with Crippen molar-refractivity contribution in [3.8, 4) is 0 Å². The first-order valence-corrected chi connectivity index (χ1v) is 24.6. The fraction of sp³-hybridized carbons (Fsp3) is 0.236. The second-order valence-electron chi connectivity index (χ2n) is 17.7. The van der Waals surface area contributed by atoms with Crippen LogP contribution in [0.5, 0.6) is 0 Å². The molecule has 2 fully saturated rings. The van der Waals surface area contributed by atoms with Crippen LogP contribution in [0.3, 0.4) is 0 Å². The van der Waals surface area contributed by atoms with Crippen LogP contribution < -0.4 is 26.6 Å². The SMILES string of the molecule is CC(F)(F)C(=O)N[C@H]1CC(=O)N(c2ccc3c(cnn3Cc3ccccc3F)c2)[C@@H]1c1ccccc1.CC(F)(F)C(=O)N[C@H]1CC(=O)N[C@@H]1c1ccccc1.CN.Fc1ccccc1Cn1ncc2cc(I)ccc21. The lowest BCUT2D eigenvalue weighted by Gasteiger charge is -2.29. The number of halogens is 7. The Morgan fingerprint density at radius 2 is 1.11 bits per heavy atom. The summed E-state index contributed by atoms with van der Waals surface area (Å²) in [5.41, 5.74) is 9.46. The summed E-state index contributed by atoms with van der Waals surface area (Å²) in [6.07, 6.45) is 3.33. The van der Waals surface area contributed by atoms with E-state index in [1.165, 1.54) is 27.7 Å². The molecule has 390 valence electrons. The number of rotatable bonds is 11. The molecule has 0 bridgehead atoms. The van der Waals surface area contributed by atoms with Crippen LogP contribution in [-0.4, -0.2) is 74.2 Å². The standard InChI is InChI=1S/C27H23F3N4O2.C14H10FIN2.C13H14F2N2O2.CH5N/c1-27(29,30)26(36)32-22-14-24(35)34(25(22)17-7-3-2-4-8-17)20-11-12-23-19(13-20)15-31-33(23)16-18-9-5-6-10-21(18)28;15-13-4-2-1-3-10(13)9-18-14-6-5-12(16)7-11(14)8-17-18;1-13(14,15)12(19)16-9-7-10(18)17-11(9)8-5-3-2-4-6-8;1-2/h2-13,15,22,25H,14,16H2,1H3,(H,32,36);1-8H,9H2;2-6,9,11H,7H2,1H3,(H,16,19)(H,17,18);2H2,1H3/t22-,25+;;9-,11+;/m0.0./s1. The van der Waals surface area contributed by atoms with E-state index in [0.29, 0.717) is 42.8 Å². The van der Waals surface area contributed by atoms with Crippen molar-refractivity contribution < 1.29 is 45.5 Å². The quantitative estimate of drug-likeness (QED) is 0.0739. The van der Waals surface area contributed by atoms with Gasteiger partial charge < -0.3 is 26.6 Å². The fourth-order valence-electron chi connectivity index (χ4n) is 8.66. The molecule has 8 aromatic rings. The first-order chi connectivity index (χ1) is 35.8. The first-order valence-electron chi connectivity index (χ1n) is 23.5.